The molecule has 0 radical (unpaired) electrons. The van der Waals surface area contributed by atoms with Gasteiger partial charge in [-0.2, -0.15) is 0 Å². The van der Waals surface area contributed by atoms with Gasteiger partial charge in [-0.05, 0) is 30.1 Å². The molecule has 0 aromatic carbocycles. The maximum Gasteiger partial charge on any atom is 0.247 e. The van der Waals surface area contributed by atoms with E-state index >= 15 is 0 Å². The topological polar surface area (TPSA) is 0 Å². The Morgan fingerprint density at radius 2 is 1.74 bits per heavy atom. The lowest BCUT2D eigenvalue weighted by atomic mass is 10.2. The Hall–Kier alpha value is 0.224. The molecule has 0 nitrogen and oxygen atoms in total. The van der Waals surface area contributed by atoms with Crippen molar-refractivity contribution >= 4 is 17.9 Å². The van der Waals surface area contributed by atoms with Crippen molar-refractivity contribution in [2.45, 2.75) is 76.4 Å². The Bertz CT molecular complexity index is 209. The monoisotopic (exact) mass is 312 g/mol. The molecule has 0 N–H and O–H groups in total. The zero-order valence-electron chi connectivity index (χ0n) is 12.9. The summed E-state index contributed by atoms with van der Waals surface area (Å²) in [5.74, 6) is 0.422. The van der Waals surface area contributed by atoms with E-state index in [1.54, 1.807) is 0 Å². The van der Waals surface area contributed by atoms with Crippen molar-refractivity contribution < 1.29 is 12.9 Å². The Kier molecular flexibility index (Phi) is 11.1. The molecule has 5 heteroatoms. The molecule has 0 spiro atoms. The lowest BCUT2D eigenvalue weighted by Crippen LogP contribution is -2.30. The third-order valence-electron chi connectivity index (χ3n) is 3.74. The number of rotatable bonds is 12. The minimum absolute atomic E-state index is 0.422. The summed E-state index contributed by atoms with van der Waals surface area (Å²) in [4.78, 5) is 0. The van der Waals surface area contributed by atoms with Gasteiger partial charge in [0, 0.05) is 9.52 Å². The molecule has 0 fully saturated rings. The molecule has 116 valence electrons. The number of halogens is 3. The summed E-state index contributed by atoms with van der Waals surface area (Å²) in [5, 5.41) is 0. The van der Waals surface area contributed by atoms with E-state index in [9.17, 15) is 12.9 Å². The predicted molar refractivity (Wildman–Crippen MR) is 84.7 cm³/mol. The minimum Gasteiger partial charge on any atom is -0.314 e. The number of hydrogen-bond donors (Lipinski definition) is 0. The van der Waals surface area contributed by atoms with Gasteiger partial charge in [0.25, 0.3) is 0 Å². The molecule has 0 heterocycles. The van der Waals surface area contributed by atoms with Crippen LogP contribution in [-0.2, 0) is 0 Å². The second-order valence-electron chi connectivity index (χ2n) is 6.00. The van der Waals surface area contributed by atoms with E-state index < -0.39 is 30.8 Å². The van der Waals surface area contributed by atoms with Gasteiger partial charge < -0.3 is 4.11 Å². The highest BCUT2D eigenvalue weighted by Crippen LogP contribution is 2.31. The molecule has 0 amide bonds. The van der Waals surface area contributed by atoms with Gasteiger partial charge in [0.2, 0.25) is 8.41 Å². The molecule has 2 atom stereocenters. The molecule has 0 aliphatic carbocycles. The SMILES string of the molecule is CCC[Si](F)(CCC)CC(C)CC[SiH2]CC(F)CF. The van der Waals surface area contributed by atoms with Gasteiger partial charge in [-0.3, -0.25) is 0 Å². The van der Waals surface area contributed by atoms with E-state index in [0.29, 0.717) is 12.0 Å². The summed E-state index contributed by atoms with van der Waals surface area (Å²) in [6, 6.07) is 3.83. The molecular formula is C14H31F3Si2. The normalized spacial score (nSPS) is 16.1. The van der Waals surface area contributed by atoms with E-state index in [1.165, 1.54) is 0 Å². The quantitative estimate of drug-likeness (QED) is 0.268. The van der Waals surface area contributed by atoms with Crippen LogP contribution in [0.25, 0.3) is 0 Å². The van der Waals surface area contributed by atoms with Crippen LogP contribution in [0.4, 0.5) is 12.9 Å². The Morgan fingerprint density at radius 3 is 2.21 bits per heavy atom. The highest BCUT2D eigenvalue weighted by molar-refractivity contribution is 6.73. The van der Waals surface area contributed by atoms with Crippen molar-refractivity contribution in [1.29, 1.82) is 0 Å². The van der Waals surface area contributed by atoms with Crippen LogP contribution < -0.4 is 0 Å². The van der Waals surface area contributed by atoms with Gasteiger partial charge >= 0.3 is 0 Å². The van der Waals surface area contributed by atoms with Crippen molar-refractivity contribution in [3.63, 3.8) is 0 Å². The summed E-state index contributed by atoms with van der Waals surface area (Å²) in [6.45, 7) is 5.42. The molecule has 2 unspecified atom stereocenters. The predicted octanol–water partition coefficient (Wildman–Crippen LogP) is 5.06. The lowest BCUT2D eigenvalue weighted by Gasteiger charge is -2.25. The zero-order chi connectivity index (χ0) is 14.7. The van der Waals surface area contributed by atoms with Crippen LogP contribution >= 0.6 is 0 Å². The number of alkyl halides is 2. The zero-order valence-corrected chi connectivity index (χ0v) is 15.3. The Labute approximate surface area is 120 Å². The van der Waals surface area contributed by atoms with Crippen molar-refractivity contribution in [2.24, 2.45) is 5.92 Å². The fourth-order valence-electron chi connectivity index (χ4n) is 2.89. The van der Waals surface area contributed by atoms with Gasteiger partial charge in [0.05, 0.1) is 0 Å². The van der Waals surface area contributed by atoms with Gasteiger partial charge in [-0.25, -0.2) is 8.78 Å². The van der Waals surface area contributed by atoms with Crippen LogP contribution in [0.2, 0.25) is 30.2 Å². The third-order valence-corrected chi connectivity index (χ3v) is 9.91. The van der Waals surface area contributed by atoms with Crippen LogP contribution in [0.5, 0.6) is 0 Å². The van der Waals surface area contributed by atoms with E-state index in [1.807, 2.05) is 0 Å². The molecular weight excluding hydrogens is 281 g/mol. The van der Waals surface area contributed by atoms with Gasteiger partial charge in [0.15, 0.2) is 0 Å². The molecule has 0 bridgehead atoms. The highest BCUT2D eigenvalue weighted by atomic mass is 28.4. The van der Waals surface area contributed by atoms with Crippen LogP contribution in [0.15, 0.2) is 0 Å². The van der Waals surface area contributed by atoms with E-state index in [4.69, 9.17) is 0 Å². The minimum atomic E-state index is -2.52. The molecule has 0 rings (SSSR count). The fourth-order valence-corrected chi connectivity index (χ4v) is 8.66. The maximum absolute atomic E-state index is 14.8. The fraction of sp³-hybridized carbons (Fsp3) is 1.00. The molecule has 0 saturated carbocycles. The first-order valence-corrected chi connectivity index (χ1v) is 12.4. The Balaban J connectivity index is 3.89. The van der Waals surface area contributed by atoms with Crippen LogP contribution in [-0.4, -0.2) is 30.8 Å². The molecule has 0 saturated heterocycles. The molecule has 0 aliphatic rings. The van der Waals surface area contributed by atoms with Gasteiger partial charge in [-0.1, -0.05) is 46.1 Å². The smallest absolute Gasteiger partial charge is 0.247 e. The molecule has 19 heavy (non-hydrogen) atoms. The van der Waals surface area contributed by atoms with E-state index in [0.717, 1.165) is 43.4 Å². The molecule has 0 aromatic heterocycles. The maximum atomic E-state index is 14.8. The van der Waals surface area contributed by atoms with Crippen LogP contribution in [0.1, 0.15) is 40.0 Å². The third kappa shape index (κ3) is 9.71. The summed E-state index contributed by atoms with van der Waals surface area (Å²) < 4.78 is 39.5. The standard InChI is InChI=1S/C14H31F3Si2/c1-4-8-19(17,9-5-2)12-13(3)6-7-18-11-14(16)10-15/h13-14H,4-12,18H2,1-3H3. The number of hydrogen-bond acceptors (Lipinski definition) is 0. The second-order valence-corrected chi connectivity index (χ2v) is 11.7. The van der Waals surface area contributed by atoms with Crippen LogP contribution in [0, 0.1) is 5.92 Å². The highest BCUT2D eigenvalue weighted by Gasteiger charge is 2.33. The average molecular weight is 313 g/mol. The first-order valence-electron chi connectivity index (χ1n) is 7.86. The van der Waals surface area contributed by atoms with E-state index in [-0.39, 0.29) is 0 Å². The Morgan fingerprint density at radius 1 is 1.16 bits per heavy atom. The average Bonchev–Trinajstić information content (AvgIpc) is 2.34. The summed E-state index contributed by atoms with van der Waals surface area (Å²) in [5.41, 5.74) is 0. The van der Waals surface area contributed by atoms with Crippen molar-refractivity contribution in [1.82, 2.24) is 0 Å². The molecule has 0 aliphatic heterocycles. The summed E-state index contributed by atoms with van der Waals surface area (Å²) in [7, 11) is -3.01. The first kappa shape index (κ1) is 19.2. The van der Waals surface area contributed by atoms with Gasteiger partial charge in [0.1, 0.15) is 12.8 Å². The van der Waals surface area contributed by atoms with Crippen LogP contribution in [0.3, 0.4) is 0 Å². The van der Waals surface area contributed by atoms with Crippen molar-refractivity contribution in [3.8, 4) is 0 Å². The molecule has 0 aromatic rings. The van der Waals surface area contributed by atoms with Gasteiger partial charge in [-0.15, -0.1) is 0 Å². The summed E-state index contributed by atoms with van der Waals surface area (Å²) >= 11 is 0. The van der Waals surface area contributed by atoms with Crippen molar-refractivity contribution in [3.05, 3.63) is 0 Å². The first-order chi connectivity index (χ1) is 8.97. The largest absolute Gasteiger partial charge is 0.314 e. The summed E-state index contributed by atoms with van der Waals surface area (Å²) in [6.07, 6.45) is 1.67. The second kappa shape index (κ2) is 10.9. The van der Waals surface area contributed by atoms with E-state index in [2.05, 4.69) is 20.8 Å². The van der Waals surface area contributed by atoms with Crippen molar-refractivity contribution in [2.75, 3.05) is 6.67 Å². The lowest BCUT2D eigenvalue weighted by molar-refractivity contribution is 0.281.